The first-order chi connectivity index (χ1) is 13.0. The zero-order valence-corrected chi connectivity index (χ0v) is 15.6. The predicted octanol–water partition coefficient (Wildman–Crippen LogP) is 2.29. The number of nitrogens with one attached hydrogen (secondary N) is 1. The summed E-state index contributed by atoms with van der Waals surface area (Å²) in [5.41, 5.74) is 1.27. The highest BCUT2D eigenvalue weighted by Crippen LogP contribution is 2.49. The number of fused-ring (bicyclic) bond motifs is 2. The van der Waals surface area contributed by atoms with Crippen LogP contribution in [0.25, 0.3) is 0 Å². The van der Waals surface area contributed by atoms with E-state index in [1.165, 1.54) is 10.6 Å². The second-order valence-corrected chi connectivity index (χ2v) is 7.39. The van der Waals surface area contributed by atoms with Gasteiger partial charge in [0.2, 0.25) is 5.91 Å². The number of carbonyl (C=O) groups is 2. The van der Waals surface area contributed by atoms with Crippen LogP contribution >= 0.6 is 0 Å². The molecular formula is C21H23N3O3. The average molecular weight is 365 g/mol. The maximum absolute atomic E-state index is 13.2. The number of hydrogen-bond donors (Lipinski definition) is 1. The van der Waals surface area contributed by atoms with Crippen molar-refractivity contribution in [2.75, 3.05) is 11.9 Å². The molecule has 2 aliphatic rings. The normalized spacial score (nSPS) is 23.6. The van der Waals surface area contributed by atoms with Crippen LogP contribution in [0.3, 0.4) is 0 Å². The molecule has 6 heteroatoms. The topological polar surface area (TPSA) is 71.4 Å². The van der Waals surface area contributed by atoms with Crippen LogP contribution in [0, 0.1) is 0 Å². The summed E-state index contributed by atoms with van der Waals surface area (Å²) in [5, 5.41) is 3.00. The number of hydrogen-bond acceptors (Lipinski definition) is 3. The van der Waals surface area contributed by atoms with Crippen molar-refractivity contribution < 1.29 is 9.59 Å². The lowest BCUT2D eigenvalue weighted by Crippen LogP contribution is -2.48. The quantitative estimate of drug-likeness (QED) is 0.907. The van der Waals surface area contributed by atoms with E-state index in [0.29, 0.717) is 18.5 Å². The monoisotopic (exact) mass is 365 g/mol. The van der Waals surface area contributed by atoms with E-state index in [1.807, 2.05) is 24.3 Å². The number of benzene rings is 1. The van der Waals surface area contributed by atoms with Crippen LogP contribution in [0.5, 0.6) is 0 Å². The number of aryl methyl sites for hydroxylation is 1. The van der Waals surface area contributed by atoms with Gasteiger partial charge in [-0.1, -0.05) is 31.5 Å². The van der Waals surface area contributed by atoms with E-state index in [4.69, 9.17) is 0 Å². The SMILES string of the molecule is CCC[C@@H]1N(C(=O)c2ccn(C)c(=O)c2)CC[C@]12C(=O)Nc1ccccc12. The van der Waals surface area contributed by atoms with E-state index in [-0.39, 0.29) is 23.4 Å². The molecule has 1 saturated heterocycles. The van der Waals surface area contributed by atoms with E-state index in [1.54, 1.807) is 24.2 Å². The maximum atomic E-state index is 13.2. The molecule has 1 aromatic carbocycles. The first-order valence-electron chi connectivity index (χ1n) is 9.37. The smallest absolute Gasteiger partial charge is 0.254 e. The summed E-state index contributed by atoms with van der Waals surface area (Å²) in [5.74, 6) is -0.207. The molecule has 0 radical (unpaired) electrons. The fraction of sp³-hybridized carbons (Fsp3) is 0.381. The Kier molecular flexibility index (Phi) is 4.13. The lowest BCUT2D eigenvalue weighted by atomic mass is 9.73. The van der Waals surface area contributed by atoms with Gasteiger partial charge >= 0.3 is 0 Å². The average Bonchev–Trinajstić information content (AvgIpc) is 3.17. The molecule has 3 heterocycles. The number of amides is 2. The number of anilines is 1. The first kappa shape index (κ1) is 17.5. The molecule has 1 N–H and O–H groups in total. The van der Waals surface area contributed by atoms with Crippen LogP contribution in [0.2, 0.25) is 0 Å². The molecule has 2 aliphatic heterocycles. The van der Waals surface area contributed by atoms with E-state index < -0.39 is 5.41 Å². The van der Waals surface area contributed by atoms with Gasteiger partial charge in [-0.05, 0) is 30.5 Å². The van der Waals surface area contributed by atoms with E-state index >= 15 is 0 Å². The van der Waals surface area contributed by atoms with Gasteiger partial charge in [0.1, 0.15) is 0 Å². The van der Waals surface area contributed by atoms with Gasteiger partial charge in [-0.25, -0.2) is 0 Å². The molecule has 1 spiro atoms. The highest BCUT2D eigenvalue weighted by atomic mass is 16.2. The number of rotatable bonds is 3. The van der Waals surface area contributed by atoms with E-state index in [2.05, 4.69) is 12.2 Å². The maximum Gasteiger partial charge on any atom is 0.254 e. The molecule has 6 nitrogen and oxygen atoms in total. The molecule has 0 unspecified atom stereocenters. The number of pyridine rings is 1. The summed E-state index contributed by atoms with van der Waals surface area (Å²) in [7, 11) is 1.65. The third-order valence-electron chi connectivity index (χ3n) is 5.93. The predicted molar refractivity (Wildman–Crippen MR) is 103 cm³/mol. The molecule has 2 aromatic rings. The Hall–Kier alpha value is -2.89. The van der Waals surface area contributed by atoms with Gasteiger partial charge < -0.3 is 14.8 Å². The minimum absolute atomic E-state index is 0.0265. The fourth-order valence-corrected chi connectivity index (χ4v) is 4.57. The van der Waals surface area contributed by atoms with Crippen molar-refractivity contribution >= 4 is 17.5 Å². The van der Waals surface area contributed by atoms with Gasteiger partial charge in [-0.3, -0.25) is 14.4 Å². The summed E-state index contributed by atoms with van der Waals surface area (Å²) in [6, 6.07) is 10.6. The third kappa shape index (κ3) is 2.51. The molecule has 2 amide bonds. The lowest BCUT2D eigenvalue weighted by molar-refractivity contribution is -0.121. The van der Waals surface area contributed by atoms with E-state index in [0.717, 1.165) is 24.1 Å². The summed E-state index contributed by atoms with van der Waals surface area (Å²) < 4.78 is 1.44. The minimum atomic E-state index is -0.706. The zero-order chi connectivity index (χ0) is 19.2. The highest BCUT2D eigenvalue weighted by Gasteiger charge is 2.58. The number of nitrogens with zero attached hydrogens (tertiary/aromatic N) is 2. The zero-order valence-electron chi connectivity index (χ0n) is 15.6. The molecule has 27 heavy (non-hydrogen) atoms. The largest absolute Gasteiger partial charge is 0.334 e. The third-order valence-corrected chi connectivity index (χ3v) is 5.93. The Labute approximate surface area is 157 Å². The van der Waals surface area contributed by atoms with Crippen molar-refractivity contribution in [1.29, 1.82) is 0 Å². The van der Waals surface area contributed by atoms with Crippen molar-refractivity contribution in [2.45, 2.75) is 37.6 Å². The molecule has 140 valence electrons. The Morgan fingerprint density at radius 2 is 2.04 bits per heavy atom. The van der Waals surface area contributed by atoms with Gasteiger partial charge in [0.05, 0.1) is 11.5 Å². The van der Waals surface area contributed by atoms with Gasteiger partial charge in [0, 0.05) is 37.1 Å². The van der Waals surface area contributed by atoms with Crippen molar-refractivity contribution in [1.82, 2.24) is 9.47 Å². The summed E-state index contributed by atoms with van der Waals surface area (Å²) >= 11 is 0. The van der Waals surface area contributed by atoms with Crippen LogP contribution in [0.1, 0.15) is 42.1 Å². The van der Waals surface area contributed by atoms with Crippen molar-refractivity contribution in [2.24, 2.45) is 7.05 Å². The molecule has 2 atom stereocenters. The van der Waals surface area contributed by atoms with Crippen LogP contribution in [0.4, 0.5) is 5.69 Å². The lowest BCUT2D eigenvalue weighted by Gasteiger charge is -2.34. The molecule has 1 fully saturated rings. The Morgan fingerprint density at radius 1 is 1.26 bits per heavy atom. The standard InChI is InChI=1S/C21H23N3O3/c1-3-6-17-21(15-7-4-5-8-16(15)22-20(21)27)10-12-24(17)19(26)14-9-11-23(2)18(25)13-14/h4-5,7-9,11,13,17H,3,6,10,12H2,1-2H3,(H,22,27)/t17-,21+/m0/s1. The number of para-hydroxylation sites is 1. The second-order valence-electron chi connectivity index (χ2n) is 7.39. The Bertz CT molecular complexity index is 981. The van der Waals surface area contributed by atoms with Gasteiger partial charge in [0.15, 0.2) is 0 Å². The molecule has 0 bridgehead atoms. The van der Waals surface area contributed by atoms with Crippen LogP contribution in [-0.4, -0.2) is 33.9 Å². The molecule has 4 rings (SSSR count). The molecular weight excluding hydrogens is 342 g/mol. The number of likely N-dealkylation sites (tertiary alicyclic amines) is 1. The summed E-state index contributed by atoms with van der Waals surface area (Å²) in [6.45, 7) is 2.56. The van der Waals surface area contributed by atoms with Crippen LogP contribution < -0.4 is 10.9 Å². The van der Waals surface area contributed by atoms with Crippen LogP contribution in [-0.2, 0) is 17.3 Å². The number of carbonyl (C=O) groups excluding carboxylic acids is 2. The first-order valence-corrected chi connectivity index (χ1v) is 9.37. The van der Waals surface area contributed by atoms with Gasteiger partial charge in [-0.15, -0.1) is 0 Å². The molecule has 0 saturated carbocycles. The van der Waals surface area contributed by atoms with Crippen LogP contribution in [0.15, 0.2) is 47.4 Å². The Balaban J connectivity index is 1.76. The molecule has 1 aromatic heterocycles. The summed E-state index contributed by atoms with van der Waals surface area (Å²) in [6.07, 6.45) is 3.80. The van der Waals surface area contributed by atoms with Crippen molar-refractivity contribution in [3.8, 4) is 0 Å². The minimum Gasteiger partial charge on any atom is -0.334 e. The van der Waals surface area contributed by atoms with Crippen molar-refractivity contribution in [3.63, 3.8) is 0 Å². The second kappa shape index (κ2) is 6.37. The Morgan fingerprint density at radius 3 is 2.78 bits per heavy atom. The number of aromatic nitrogens is 1. The van der Waals surface area contributed by atoms with Gasteiger partial charge in [-0.2, -0.15) is 0 Å². The van der Waals surface area contributed by atoms with Gasteiger partial charge in [0.25, 0.3) is 11.5 Å². The van der Waals surface area contributed by atoms with Crippen molar-refractivity contribution in [3.05, 3.63) is 64.1 Å². The summed E-state index contributed by atoms with van der Waals surface area (Å²) in [4.78, 5) is 40.0. The molecule has 0 aliphatic carbocycles. The fourth-order valence-electron chi connectivity index (χ4n) is 4.57. The highest BCUT2D eigenvalue weighted by molar-refractivity contribution is 6.08. The van der Waals surface area contributed by atoms with E-state index in [9.17, 15) is 14.4 Å².